The van der Waals surface area contributed by atoms with Crippen LogP contribution >= 0.6 is 24.8 Å². The molecule has 5 nitrogen and oxygen atoms in total. The van der Waals surface area contributed by atoms with Crippen molar-refractivity contribution in [2.24, 2.45) is 5.73 Å². The Balaban J connectivity index is 0.00000196. The van der Waals surface area contributed by atoms with Crippen LogP contribution in [0.4, 0.5) is 0 Å². The van der Waals surface area contributed by atoms with Crippen LogP contribution in [0.5, 0.6) is 5.75 Å². The van der Waals surface area contributed by atoms with Gasteiger partial charge in [-0.05, 0) is 49.6 Å². The molecule has 1 amide bonds. The highest BCUT2D eigenvalue weighted by Crippen LogP contribution is 2.27. The number of aromatic nitrogens is 1. The van der Waals surface area contributed by atoms with E-state index in [0.29, 0.717) is 6.61 Å². The van der Waals surface area contributed by atoms with E-state index >= 15 is 0 Å². The van der Waals surface area contributed by atoms with E-state index in [-0.39, 0.29) is 36.8 Å². The van der Waals surface area contributed by atoms with Crippen LogP contribution in [0.2, 0.25) is 0 Å². The molecule has 1 saturated carbocycles. The minimum absolute atomic E-state index is 0. The molecule has 28 heavy (non-hydrogen) atoms. The minimum Gasteiger partial charge on any atom is -0.487 e. The Kier molecular flexibility index (Phi) is 9.73. The van der Waals surface area contributed by atoms with Crippen molar-refractivity contribution in [3.8, 4) is 5.75 Å². The number of rotatable bonds is 6. The third-order valence-corrected chi connectivity index (χ3v) is 5.02. The molecule has 0 saturated heterocycles. The highest BCUT2D eigenvalue weighted by molar-refractivity contribution is 5.86. The Labute approximate surface area is 179 Å². The molecule has 1 aromatic carbocycles. The Morgan fingerprint density at radius 2 is 1.93 bits per heavy atom. The maximum Gasteiger partial charge on any atom is 0.240 e. The molecule has 1 unspecified atom stereocenters. The van der Waals surface area contributed by atoms with E-state index in [4.69, 9.17) is 10.5 Å². The zero-order chi connectivity index (χ0) is 18.4. The quantitative estimate of drug-likeness (QED) is 0.720. The summed E-state index contributed by atoms with van der Waals surface area (Å²) in [6.07, 6.45) is 6.49. The predicted octanol–water partition coefficient (Wildman–Crippen LogP) is 4.34. The van der Waals surface area contributed by atoms with Crippen molar-refractivity contribution < 1.29 is 9.53 Å². The van der Waals surface area contributed by atoms with Crippen molar-refractivity contribution in [1.82, 2.24) is 10.3 Å². The molecule has 0 bridgehead atoms. The molecule has 1 heterocycles. The summed E-state index contributed by atoms with van der Waals surface area (Å²) in [7, 11) is 0. The number of benzene rings is 1. The number of ether oxygens (including phenoxy) is 1. The van der Waals surface area contributed by atoms with E-state index in [0.717, 1.165) is 49.1 Å². The molecule has 2 aromatic rings. The van der Waals surface area contributed by atoms with Gasteiger partial charge in [0.25, 0.3) is 0 Å². The van der Waals surface area contributed by atoms with E-state index in [9.17, 15) is 4.79 Å². The third-order valence-electron chi connectivity index (χ3n) is 5.02. The molecule has 7 heteroatoms. The Morgan fingerprint density at radius 1 is 1.18 bits per heavy atom. The number of nitrogens with one attached hydrogen (secondary N) is 1. The van der Waals surface area contributed by atoms with Gasteiger partial charge in [-0.25, -0.2) is 0 Å². The van der Waals surface area contributed by atoms with Gasteiger partial charge in [-0.15, -0.1) is 24.8 Å². The summed E-state index contributed by atoms with van der Waals surface area (Å²) >= 11 is 0. The van der Waals surface area contributed by atoms with Crippen LogP contribution < -0.4 is 15.8 Å². The first-order chi connectivity index (χ1) is 12.6. The molecular formula is C21H29Cl2N3O2. The number of hydrogen-bond acceptors (Lipinski definition) is 4. The number of carbonyl (C=O) groups excluding carboxylic acids is 1. The largest absolute Gasteiger partial charge is 0.487 e. The second kappa shape index (κ2) is 11.2. The van der Waals surface area contributed by atoms with Gasteiger partial charge in [-0.1, -0.05) is 37.5 Å². The van der Waals surface area contributed by atoms with Gasteiger partial charge >= 0.3 is 0 Å². The summed E-state index contributed by atoms with van der Waals surface area (Å²) in [5, 5.41) is 3.08. The van der Waals surface area contributed by atoms with Crippen molar-refractivity contribution >= 4 is 30.7 Å². The van der Waals surface area contributed by atoms with Crippen molar-refractivity contribution in [1.29, 1.82) is 0 Å². The molecule has 0 radical (unpaired) electrons. The van der Waals surface area contributed by atoms with E-state index in [1.807, 2.05) is 49.4 Å². The average Bonchev–Trinajstić information content (AvgIpc) is 2.68. The van der Waals surface area contributed by atoms with Crippen LogP contribution in [0.3, 0.4) is 0 Å². The van der Waals surface area contributed by atoms with Gasteiger partial charge in [0, 0.05) is 6.20 Å². The van der Waals surface area contributed by atoms with E-state index < -0.39 is 5.54 Å². The lowest BCUT2D eigenvalue weighted by Crippen LogP contribution is -2.55. The third kappa shape index (κ3) is 6.36. The summed E-state index contributed by atoms with van der Waals surface area (Å²) in [5.41, 5.74) is 7.48. The number of nitrogens with zero attached hydrogens (tertiary/aromatic N) is 1. The molecule has 1 fully saturated rings. The van der Waals surface area contributed by atoms with Crippen LogP contribution in [0, 0.1) is 0 Å². The van der Waals surface area contributed by atoms with E-state index in [2.05, 4.69) is 10.3 Å². The summed E-state index contributed by atoms with van der Waals surface area (Å²) in [6, 6.07) is 13.4. The fraction of sp³-hybridized carbons (Fsp3) is 0.429. The van der Waals surface area contributed by atoms with Gasteiger partial charge in [-0.3, -0.25) is 9.78 Å². The van der Waals surface area contributed by atoms with E-state index in [1.54, 1.807) is 6.20 Å². The number of pyridine rings is 1. The van der Waals surface area contributed by atoms with E-state index in [1.165, 1.54) is 0 Å². The van der Waals surface area contributed by atoms with Gasteiger partial charge in [-0.2, -0.15) is 0 Å². The van der Waals surface area contributed by atoms with Crippen molar-refractivity contribution in [2.45, 2.75) is 57.2 Å². The first-order valence-electron chi connectivity index (χ1n) is 9.29. The number of halogens is 2. The standard InChI is InChI=1S/C21H27N3O2.2ClH/c1-16(24-20(25)21(22)11-4-2-5-12-21)17-8-7-10-19(14-17)26-15-18-9-3-6-13-23-18;;/h3,6-10,13-14,16H,2,4-5,11-12,15,22H2,1H3,(H,24,25);2*1H. The maximum atomic E-state index is 12.6. The average molecular weight is 426 g/mol. The molecule has 3 N–H and O–H groups in total. The van der Waals surface area contributed by atoms with Gasteiger partial charge in [0.1, 0.15) is 12.4 Å². The Morgan fingerprint density at radius 3 is 2.61 bits per heavy atom. The van der Waals surface area contributed by atoms with Gasteiger partial charge in [0.15, 0.2) is 0 Å². The molecule has 1 aliphatic rings. The zero-order valence-corrected chi connectivity index (χ0v) is 17.7. The second-order valence-corrected chi connectivity index (χ2v) is 7.09. The molecule has 1 aromatic heterocycles. The number of carbonyl (C=O) groups is 1. The molecule has 0 spiro atoms. The molecular weight excluding hydrogens is 397 g/mol. The second-order valence-electron chi connectivity index (χ2n) is 7.09. The summed E-state index contributed by atoms with van der Waals surface area (Å²) in [4.78, 5) is 16.9. The highest BCUT2D eigenvalue weighted by Gasteiger charge is 2.35. The molecule has 0 aliphatic heterocycles. The molecule has 1 aliphatic carbocycles. The van der Waals surface area contributed by atoms with Gasteiger partial charge < -0.3 is 15.8 Å². The number of hydrogen-bond donors (Lipinski definition) is 2. The monoisotopic (exact) mass is 425 g/mol. The fourth-order valence-corrected chi connectivity index (χ4v) is 3.35. The first kappa shape index (κ1) is 24.2. The van der Waals surface area contributed by atoms with Crippen LogP contribution in [0.1, 0.15) is 56.3 Å². The predicted molar refractivity (Wildman–Crippen MR) is 116 cm³/mol. The van der Waals surface area contributed by atoms with Gasteiger partial charge in [0.2, 0.25) is 5.91 Å². The zero-order valence-electron chi connectivity index (χ0n) is 16.1. The van der Waals surface area contributed by atoms with Gasteiger partial charge in [0.05, 0.1) is 17.3 Å². The molecule has 154 valence electrons. The smallest absolute Gasteiger partial charge is 0.240 e. The topological polar surface area (TPSA) is 77.2 Å². The lowest BCUT2D eigenvalue weighted by molar-refractivity contribution is -0.128. The Bertz CT molecular complexity index is 737. The van der Waals surface area contributed by atoms with Crippen LogP contribution in [-0.2, 0) is 11.4 Å². The first-order valence-corrected chi connectivity index (χ1v) is 9.29. The lowest BCUT2D eigenvalue weighted by Gasteiger charge is -2.33. The Hall–Kier alpha value is -1.82. The fourth-order valence-electron chi connectivity index (χ4n) is 3.35. The summed E-state index contributed by atoms with van der Waals surface area (Å²) in [6.45, 7) is 2.39. The summed E-state index contributed by atoms with van der Waals surface area (Å²) < 4.78 is 5.82. The highest BCUT2D eigenvalue weighted by atomic mass is 35.5. The number of nitrogens with two attached hydrogens (primary N) is 1. The maximum absolute atomic E-state index is 12.6. The van der Waals surface area contributed by atoms with Crippen LogP contribution in [0.15, 0.2) is 48.7 Å². The minimum atomic E-state index is -0.723. The van der Waals surface area contributed by atoms with Crippen molar-refractivity contribution in [3.63, 3.8) is 0 Å². The SMILES string of the molecule is CC(NC(=O)C1(N)CCCCC1)c1cccc(OCc2ccccn2)c1.Cl.Cl. The summed E-state index contributed by atoms with van der Waals surface area (Å²) in [5.74, 6) is 0.707. The normalized spacial score (nSPS) is 16.1. The molecule has 3 rings (SSSR count). The number of amides is 1. The molecule has 1 atom stereocenters. The van der Waals surface area contributed by atoms with Crippen molar-refractivity contribution in [3.05, 3.63) is 59.9 Å². The van der Waals surface area contributed by atoms with Crippen LogP contribution in [0.25, 0.3) is 0 Å². The van der Waals surface area contributed by atoms with Crippen molar-refractivity contribution in [2.75, 3.05) is 0 Å². The van der Waals surface area contributed by atoms with Crippen LogP contribution in [-0.4, -0.2) is 16.4 Å². The lowest BCUT2D eigenvalue weighted by atomic mass is 9.81.